The van der Waals surface area contributed by atoms with Crippen LogP contribution in [-0.2, 0) is 25.8 Å². The third kappa shape index (κ3) is 6.47. The van der Waals surface area contributed by atoms with Crippen LogP contribution in [0.4, 0.5) is 10.5 Å². The van der Waals surface area contributed by atoms with E-state index >= 15 is 0 Å². The molecule has 0 radical (unpaired) electrons. The molecule has 2 heterocycles. The lowest BCUT2D eigenvalue weighted by atomic mass is 10.1. The highest BCUT2D eigenvalue weighted by molar-refractivity contribution is 8.16. The number of carbonyl (C=O) groups is 2. The first kappa shape index (κ1) is 26.2. The van der Waals surface area contributed by atoms with Crippen LogP contribution in [0.25, 0.3) is 0 Å². The summed E-state index contributed by atoms with van der Waals surface area (Å²) in [5, 5.41) is 2.91. The molecule has 8 nitrogen and oxygen atoms in total. The monoisotopic (exact) mass is 529 g/mol. The predicted molar refractivity (Wildman–Crippen MR) is 143 cm³/mol. The summed E-state index contributed by atoms with van der Waals surface area (Å²) >= 11 is 1.30. The molecule has 1 N–H and O–H groups in total. The Morgan fingerprint density at radius 3 is 2.42 bits per heavy atom. The fourth-order valence-corrected chi connectivity index (χ4v) is 8.16. The molecule has 36 heavy (non-hydrogen) atoms. The number of nitrogens with zero attached hydrogens (tertiary/aromatic N) is 2. The van der Waals surface area contributed by atoms with E-state index in [4.69, 9.17) is 4.74 Å². The average molecular weight is 530 g/mol. The maximum Gasteiger partial charge on any atom is 0.408 e. The molecular weight excluding hydrogens is 498 g/mol. The van der Waals surface area contributed by atoms with Gasteiger partial charge in [-0.3, -0.25) is 4.79 Å². The van der Waals surface area contributed by atoms with Crippen LogP contribution in [0.15, 0.2) is 59.6 Å². The zero-order chi connectivity index (χ0) is 26.1. The summed E-state index contributed by atoms with van der Waals surface area (Å²) in [6, 6.07) is 15.8. The largest absolute Gasteiger partial charge is 0.444 e. The van der Waals surface area contributed by atoms with E-state index in [1.54, 1.807) is 20.8 Å². The molecule has 2 aromatic carbocycles. The number of ether oxygens (including phenoxy) is 1. The van der Waals surface area contributed by atoms with Gasteiger partial charge in [0.1, 0.15) is 11.6 Å². The molecule has 10 heteroatoms. The number of fused-ring (bicyclic) bond motifs is 1. The van der Waals surface area contributed by atoms with Crippen LogP contribution in [0.2, 0.25) is 0 Å². The second-order valence-corrected chi connectivity index (χ2v) is 13.5. The van der Waals surface area contributed by atoms with Gasteiger partial charge in [-0.15, -0.1) is 0 Å². The Kier molecular flexibility index (Phi) is 7.47. The van der Waals surface area contributed by atoms with Crippen LogP contribution in [-0.4, -0.2) is 60.0 Å². The minimum absolute atomic E-state index is 0.00928. The summed E-state index contributed by atoms with van der Waals surface area (Å²) in [7, 11) is -3.17. The SMILES string of the molecule is Cc1ccc(N2C(=NC(=O)[C@H](Cc3ccccc3)NC(=O)OC(C)(C)C)S[C@@H]3CS(=O)(=O)C[C@@H]32)cc1. The highest BCUT2D eigenvalue weighted by Gasteiger charge is 2.49. The number of benzene rings is 2. The molecule has 2 aromatic rings. The van der Waals surface area contributed by atoms with Gasteiger partial charge in [0.2, 0.25) is 0 Å². The first-order valence-corrected chi connectivity index (χ1v) is 14.5. The fraction of sp³-hybridized carbons (Fsp3) is 0.423. The number of hydrogen-bond donors (Lipinski definition) is 1. The van der Waals surface area contributed by atoms with Crippen molar-refractivity contribution in [2.24, 2.45) is 4.99 Å². The standard InChI is InChI=1S/C26H31N3O5S2/c1-17-10-12-19(13-11-17)29-21-15-36(32,33)16-22(21)35-24(29)28-23(30)20(14-18-8-6-5-7-9-18)27-25(31)34-26(2,3)4/h5-13,20-22H,14-16H2,1-4H3,(H,27,31)/t20-,21-,22+/m0/s1. The minimum atomic E-state index is -3.17. The van der Waals surface area contributed by atoms with Crippen molar-refractivity contribution >= 4 is 44.5 Å². The van der Waals surface area contributed by atoms with Gasteiger partial charge in [-0.25, -0.2) is 13.2 Å². The van der Waals surface area contributed by atoms with Crippen molar-refractivity contribution < 1.29 is 22.7 Å². The van der Waals surface area contributed by atoms with Gasteiger partial charge in [-0.1, -0.05) is 59.8 Å². The quantitative estimate of drug-likeness (QED) is 0.629. The van der Waals surface area contributed by atoms with Crippen LogP contribution in [0.1, 0.15) is 31.9 Å². The molecule has 2 aliphatic heterocycles. The molecule has 0 bridgehead atoms. The summed E-state index contributed by atoms with van der Waals surface area (Å²) in [6.45, 7) is 7.23. The summed E-state index contributed by atoms with van der Waals surface area (Å²) in [6.07, 6.45) is -0.457. The molecule has 2 saturated heterocycles. The van der Waals surface area contributed by atoms with Gasteiger partial charge >= 0.3 is 6.09 Å². The van der Waals surface area contributed by atoms with Crippen LogP contribution in [0.3, 0.4) is 0 Å². The molecule has 0 aliphatic carbocycles. The second-order valence-electron chi connectivity index (χ2n) is 10.1. The number of amides is 2. The van der Waals surface area contributed by atoms with Gasteiger partial charge in [-0.05, 0) is 45.4 Å². The molecule has 0 unspecified atom stereocenters. The van der Waals surface area contributed by atoms with Crippen molar-refractivity contribution in [3.05, 3.63) is 65.7 Å². The lowest BCUT2D eigenvalue weighted by Crippen LogP contribution is -2.45. The Labute approximate surface area is 216 Å². The Hall–Kier alpha value is -2.85. The van der Waals surface area contributed by atoms with Gasteiger partial charge < -0.3 is 15.0 Å². The topological polar surface area (TPSA) is 105 Å². The van der Waals surface area contributed by atoms with Crippen LogP contribution in [0, 0.1) is 6.92 Å². The van der Waals surface area contributed by atoms with Gasteiger partial charge in [0.05, 0.1) is 17.5 Å². The van der Waals surface area contributed by atoms with Crippen molar-refractivity contribution in [1.29, 1.82) is 0 Å². The molecule has 4 rings (SSSR count). The van der Waals surface area contributed by atoms with Crippen molar-refractivity contribution in [3.63, 3.8) is 0 Å². The lowest BCUT2D eigenvalue weighted by Gasteiger charge is -2.25. The molecule has 2 aliphatic rings. The van der Waals surface area contributed by atoms with E-state index in [1.165, 1.54) is 11.8 Å². The van der Waals surface area contributed by atoms with Gasteiger partial charge in [0.15, 0.2) is 15.0 Å². The molecule has 2 amide bonds. The van der Waals surface area contributed by atoms with Crippen molar-refractivity contribution in [3.8, 4) is 0 Å². The summed E-state index contributed by atoms with van der Waals surface area (Å²) in [4.78, 5) is 32.3. The number of amidine groups is 1. The summed E-state index contributed by atoms with van der Waals surface area (Å²) < 4.78 is 30.1. The molecule has 0 saturated carbocycles. The number of aryl methyl sites for hydroxylation is 1. The molecule has 3 atom stereocenters. The molecular formula is C26H31N3O5S2. The second kappa shape index (κ2) is 10.3. The number of alkyl carbamates (subject to hydrolysis) is 1. The highest BCUT2D eigenvalue weighted by Crippen LogP contribution is 2.41. The highest BCUT2D eigenvalue weighted by atomic mass is 32.2. The van der Waals surface area contributed by atoms with Crippen molar-refractivity contribution in [1.82, 2.24) is 5.32 Å². The van der Waals surface area contributed by atoms with Crippen LogP contribution in [0.5, 0.6) is 0 Å². The number of rotatable bonds is 5. The van der Waals surface area contributed by atoms with E-state index in [0.717, 1.165) is 16.8 Å². The van der Waals surface area contributed by atoms with E-state index in [2.05, 4.69) is 10.3 Å². The number of nitrogens with one attached hydrogen (secondary N) is 1. The molecule has 2 fully saturated rings. The average Bonchev–Trinajstić information content (AvgIpc) is 3.24. The van der Waals surface area contributed by atoms with Gasteiger partial charge in [0.25, 0.3) is 5.91 Å². The van der Waals surface area contributed by atoms with E-state index in [0.29, 0.717) is 5.17 Å². The Morgan fingerprint density at radius 2 is 1.78 bits per heavy atom. The molecule has 192 valence electrons. The Morgan fingerprint density at radius 1 is 1.11 bits per heavy atom. The number of thioether (sulfide) groups is 1. The minimum Gasteiger partial charge on any atom is -0.444 e. The molecule has 0 spiro atoms. The third-order valence-corrected chi connectivity index (χ3v) is 9.07. The zero-order valence-electron chi connectivity index (χ0n) is 20.8. The maximum absolute atomic E-state index is 13.5. The Bertz CT molecular complexity index is 1250. The van der Waals surface area contributed by atoms with Crippen molar-refractivity contribution in [2.45, 2.75) is 57.1 Å². The zero-order valence-corrected chi connectivity index (χ0v) is 22.4. The lowest BCUT2D eigenvalue weighted by molar-refractivity contribution is -0.119. The first-order chi connectivity index (χ1) is 16.9. The third-order valence-electron chi connectivity index (χ3n) is 5.86. The van der Waals surface area contributed by atoms with E-state index in [-0.39, 0.29) is 29.2 Å². The first-order valence-electron chi connectivity index (χ1n) is 11.8. The number of hydrogen-bond acceptors (Lipinski definition) is 6. The van der Waals surface area contributed by atoms with Crippen molar-refractivity contribution in [2.75, 3.05) is 16.4 Å². The van der Waals surface area contributed by atoms with E-state index in [1.807, 2.05) is 66.4 Å². The number of anilines is 1. The van der Waals surface area contributed by atoms with Gasteiger partial charge in [0, 0.05) is 17.4 Å². The number of sulfone groups is 1. The van der Waals surface area contributed by atoms with Crippen LogP contribution >= 0.6 is 11.8 Å². The van der Waals surface area contributed by atoms with E-state index in [9.17, 15) is 18.0 Å². The smallest absolute Gasteiger partial charge is 0.408 e. The van der Waals surface area contributed by atoms with Gasteiger partial charge in [-0.2, -0.15) is 4.99 Å². The normalized spacial score (nSPS) is 22.8. The fourth-order valence-electron chi connectivity index (χ4n) is 4.24. The molecule has 0 aromatic heterocycles. The summed E-state index contributed by atoms with van der Waals surface area (Å²) in [5.74, 6) is -0.469. The van der Waals surface area contributed by atoms with Crippen LogP contribution < -0.4 is 10.2 Å². The Balaban J connectivity index is 1.64. The summed E-state index contributed by atoms with van der Waals surface area (Å²) in [5.41, 5.74) is 2.00. The van der Waals surface area contributed by atoms with E-state index < -0.39 is 33.5 Å². The number of carbonyl (C=O) groups excluding carboxylic acids is 2. The number of aliphatic imine (C=N–C) groups is 1. The predicted octanol–water partition coefficient (Wildman–Crippen LogP) is 3.73. The maximum atomic E-state index is 13.5.